The van der Waals surface area contributed by atoms with Crippen molar-refractivity contribution in [2.75, 3.05) is 39.9 Å². The van der Waals surface area contributed by atoms with Crippen LogP contribution in [0.5, 0.6) is 11.5 Å². The molecule has 0 spiro atoms. The Balaban J connectivity index is 1.37. The average molecular weight is 478 g/mol. The number of rotatable bonds is 8. The van der Waals surface area contributed by atoms with E-state index < -0.39 is 0 Å². The number of amides is 1. The zero-order valence-corrected chi connectivity index (χ0v) is 18.8. The van der Waals surface area contributed by atoms with Crippen LogP contribution in [0.3, 0.4) is 0 Å². The third kappa shape index (κ3) is 6.20. The van der Waals surface area contributed by atoms with E-state index >= 15 is 0 Å². The van der Waals surface area contributed by atoms with Crippen molar-refractivity contribution in [2.45, 2.75) is 19.4 Å². The molecule has 0 bridgehead atoms. The van der Waals surface area contributed by atoms with E-state index in [2.05, 4.69) is 39.0 Å². The second-order valence-electron chi connectivity index (χ2n) is 6.79. The first-order valence-electron chi connectivity index (χ1n) is 9.54. The molecule has 1 saturated heterocycles. The van der Waals surface area contributed by atoms with E-state index in [4.69, 9.17) is 14.7 Å². The van der Waals surface area contributed by atoms with Crippen LogP contribution < -0.4 is 9.47 Å². The molecule has 1 fully saturated rings. The minimum atomic E-state index is 0.180. The molecule has 0 radical (unpaired) electrons. The predicted molar refractivity (Wildman–Crippen MR) is 116 cm³/mol. The number of thiophene rings is 1. The average Bonchev–Trinajstić information content (AvgIpc) is 3.16. The van der Waals surface area contributed by atoms with Crippen molar-refractivity contribution < 1.29 is 14.3 Å². The number of carbonyl (C=O) groups excluding carboxylic acids is 1. The summed E-state index contributed by atoms with van der Waals surface area (Å²) in [5.41, 5.74) is 0.523. The number of nitrogens with zero attached hydrogens (tertiary/aromatic N) is 3. The van der Waals surface area contributed by atoms with Gasteiger partial charge in [0.1, 0.15) is 0 Å². The van der Waals surface area contributed by atoms with Gasteiger partial charge in [0.2, 0.25) is 5.91 Å². The second-order valence-corrected chi connectivity index (χ2v) is 9.34. The first-order chi connectivity index (χ1) is 14.1. The highest BCUT2D eigenvalue weighted by Gasteiger charge is 2.21. The van der Waals surface area contributed by atoms with E-state index in [0.29, 0.717) is 36.5 Å². The summed E-state index contributed by atoms with van der Waals surface area (Å²) in [6.07, 6.45) is 1.11. The predicted octanol–water partition coefficient (Wildman–Crippen LogP) is 3.89. The number of methoxy groups -OCH3 is 1. The van der Waals surface area contributed by atoms with Gasteiger partial charge in [-0.05, 0) is 46.6 Å². The van der Waals surface area contributed by atoms with Crippen LogP contribution in [0.15, 0.2) is 34.1 Å². The quantitative estimate of drug-likeness (QED) is 0.539. The van der Waals surface area contributed by atoms with Crippen molar-refractivity contribution in [3.05, 3.63) is 44.6 Å². The fourth-order valence-corrected chi connectivity index (χ4v) is 4.76. The van der Waals surface area contributed by atoms with E-state index in [1.165, 1.54) is 4.88 Å². The molecule has 0 atom stereocenters. The third-order valence-corrected chi connectivity index (χ3v) is 6.43. The van der Waals surface area contributed by atoms with Crippen LogP contribution in [0.4, 0.5) is 0 Å². The van der Waals surface area contributed by atoms with Crippen LogP contribution in [-0.4, -0.2) is 55.6 Å². The van der Waals surface area contributed by atoms with Gasteiger partial charge < -0.3 is 14.4 Å². The number of benzene rings is 1. The molecule has 1 aromatic heterocycles. The normalized spacial score (nSPS) is 14.4. The van der Waals surface area contributed by atoms with Crippen LogP contribution in [0.1, 0.15) is 23.3 Å². The standard InChI is InChI=1S/C21H24BrN3O3S/c1-27-19-13-16(14-23)4-6-18(19)28-12-2-3-21(26)25-10-8-24(9-11-25)15-17-5-7-20(22)29-17/h4-7,13H,2-3,8-12,15H2,1H3. The summed E-state index contributed by atoms with van der Waals surface area (Å²) in [6, 6.07) is 11.4. The molecule has 0 saturated carbocycles. The van der Waals surface area contributed by atoms with Crippen molar-refractivity contribution in [3.8, 4) is 17.6 Å². The second kappa shape index (κ2) is 10.6. The summed E-state index contributed by atoms with van der Waals surface area (Å²) >= 11 is 5.26. The Morgan fingerprint density at radius 1 is 1.21 bits per heavy atom. The Kier molecular flexibility index (Phi) is 7.92. The molecule has 1 aromatic carbocycles. The van der Waals surface area contributed by atoms with E-state index in [-0.39, 0.29) is 5.91 Å². The number of piperazine rings is 1. The van der Waals surface area contributed by atoms with Crippen molar-refractivity contribution in [2.24, 2.45) is 0 Å². The fraction of sp³-hybridized carbons (Fsp3) is 0.429. The van der Waals surface area contributed by atoms with Gasteiger partial charge >= 0.3 is 0 Å². The monoisotopic (exact) mass is 477 g/mol. The molecule has 1 amide bonds. The first kappa shape index (κ1) is 21.6. The molecule has 6 nitrogen and oxygen atoms in total. The maximum Gasteiger partial charge on any atom is 0.222 e. The van der Waals surface area contributed by atoms with Crippen molar-refractivity contribution >= 4 is 33.2 Å². The van der Waals surface area contributed by atoms with Crippen LogP contribution in [0.2, 0.25) is 0 Å². The molecule has 2 heterocycles. The maximum atomic E-state index is 12.5. The Morgan fingerprint density at radius 2 is 2.00 bits per heavy atom. The Morgan fingerprint density at radius 3 is 2.66 bits per heavy atom. The number of hydrogen-bond acceptors (Lipinski definition) is 6. The van der Waals surface area contributed by atoms with Crippen molar-refractivity contribution in [1.29, 1.82) is 5.26 Å². The summed E-state index contributed by atoms with van der Waals surface area (Å²) in [4.78, 5) is 18.1. The summed E-state index contributed by atoms with van der Waals surface area (Å²) in [7, 11) is 1.55. The van der Waals surface area contributed by atoms with E-state index in [9.17, 15) is 4.79 Å². The van der Waals surface area contributed by atoms with Crippen LogP contribution in [0, 0.1) is 11.3 Å². The van der Waals surface area contributed by atoms with Gasteiger partial charge in [-0.1, -0.05) is 0 Å². The Bertz CT molecular complexity index is 872. The molecule has 29 heavy (non-hydrogen) atoms. The van der Waals surface area contributed by atoms with Crippen molar-refractivity contribution in [1.82, 2.24) is 9.80 Å². The minimum absolute atomic E-state index is 0.180. The Labute approximate surface area is 183 Å². The highest BCUT2D eigenvalue weighted by Crippen LogP contribution is 2.28. The van der Waals surface area contributed by atoms with Crippen LogP contribution >= 0.6 is 27.3 Å². The lowest BCUT2D eigenvalue weighted by atomic mass is 10.2. The first-order valence-corrected chi connectivity index (χ1v) is 11.2. The lowest BCUT2D eigenvalue weighted by molar-refractivity contribution is -0.133. The van der Waals surface area contributed by atoms with E-state index in [0.717, 1.165) is 36.5 Å². The van der Waals surface area contributed by atoms with Crippen LogP contribution in [0.25, 0.3) is 0 Å². The smallest absolute Gasteiger partial charge is 0.222 e. The Hall–Kier alpha value is -2.08. The highest BCUT2D eigenvalue weighted by atomic mass is 79.9. The highest BCUT2D eigenvalue weighted by molar-refractivity contribution is 9.11. The molecular formula is C21H24BrN3O3S. The van der Waals surface area contributed by atoms with Crippen LogP contribution in [-0.2, 0) is 11.3 Å². The SMILES string of the molecule is COc1cc(C#N)ccc1OCCCC(=O)N1CCN(Cc2ccc(Br)s2)CC1. The van der Waals surface area contributed by atoms with Gasteiger partial charge in [0, 0.05) is 50.1 Å². The number of ether oxygens (including phenoxy) is 2. The van der Waals surface area contributed by atoms with Gasteiger partial charge in [0.15, 0.2) is 11.5 Å². The van der Waals surface area contributed by atoms with Gasteiger partial charge in [0.05, 0.1) is 29.1 Å². The van der Waals surface area contributed by atoms with E-state index in [1.54, 1.807) is 36.6 Å². The minimum Gasteiger partial charge on any atom is -0.493 e. The zero-order chi connectivity index (χ0) is 20.6. The van der Waals surface area contributed by atoms with Gasteiger partial charge in [-0.25, -0.2) is 0 Å². The van der Waals surface area contributed by atoms with Gasteiger partial charge in [-0.15, -0.1) is 11.3 Å². The molecule has 0 N–H and O–H groups in total. The van der Waals surface area contributed by atoms with Gasteiger partial charge in [-0.3, -0.25) is 9.69 Å². The summed E-state index contributed by atoms with van der Waals surface area (Å²) < 4.78 is 12.1. The molecule has 1 aliphatic heterocycles. The summed E-state index contributed by atoms with van der Waals surface area (Å²) in [6.45, 7) is 4.73. The topological polar surface area (TPSA) is 65.8 Å². The molecule has 0 unspecified atom stereocenters. The van der Waals surface area contributed by atoms with Gasteiger partial charge in [0.25, 0.3) is 0 Å². The van der Waals surface area contributed by atoms with Gasteiger partial charge in [-0.2, -0.15) is 5.26 Å². The fourth-order valence-electron chi connectivity index (χ4n) is 3.23. The lowest BCUT2D eigenvalue weighted by Gasteiger charge is -2.34. The summed E-state index contributed by atoms with van der Waals surface area (Å²) in [5, 5.41) is 8.95. The molecule has 8 heteroatoms. The number of hydrogen-bond donors (Lipinski definition) is 0. The molecule has 0 aliphatic carbocycles. The molecule has 1 aliphatic rings. The van der Waals surface area contributed by atoms with Crippen molar-refractivity contribution in [3.63, 3.8) is 0 Å². The molecule has 154 valence electrons. The zero-order valence-electron chi connectivity index (χ0n) is 16.4. The molecule has 3 rings (SSSR count). The third-order valence-electron chi connectivity index (χ3n) is 4.82. The number of nitriles is 1. The molecular weight excluding hydrogens is 454 g/mol. The number of halogens is 1. The largest absolute Gasteiger partial charge is 0.493 e. The lowest BCUT2D eigenvalue weighted by Crippen LogP contribution is -2.48. The number of carbonyl (C=O) groups is 1. The van der Waals surface area contributed by atoms with E-state index in [1.807, 2.05) is 4.90 Å². The molecule has 2 aromatic rings. The summed E-state index contributed by atoms with van der Waals surface area (Å²) in [5.74, 6) is 1.30. The maximum absolute atomic E-state index is 12.5.